The maximum Gasteiger partial charge on any atom is 0.407 e. The molecule has 0 saturated carbocycles. The Labute approximate surface area is 141 Å². The lowest BCUT2D eigenvalue weighted by Gasteiger charge is -2.19. The standard InChI is InChI=1S/C19H21NO4/c21-18(22)13-7-12-17(16-10-5-2-6-11-16)20-19(23)24-14-15-8-3-1-4-9-15/h1-6,8-11,17H,7,12-14H2,(H,20,23)(H,21,22). The van der Waals surface area contributed by atoms with Crippen molar-refractivity contribution < 1.29 is 19.4 Å². The third-order valence-corrected chi connectivity index (χ3v) is 3.59. The van der Waals surface area contributed by atoms with Gasteiger partial charge in [-0.05, 0) is 24.0 Å². The Bertz CT molecular complexity index is 643. The molecule has 1 atom stereocenters. The summed E-state index contributed by atoms with van der Waals surface area (Å²) in [7, 11) is 0. The van der Waals surface area contributed by atoms with E-state index in [4.69, 9.17) is 9.84 Å². The molecule has 2 N–H and O–H groups in total. The molecule has 2 aromatic carbocycles. The van der Waals surface area contributed by atoms with E-state index in [-0.39, 0.29) is 19.1 Å². The van der Waals surface area contributed by atoms with Crippen molar-refractivity contribution in [2.45, 2.75) is 31.9 Å². The lowest BCUT2D eigenvalue weighted by Crippen LogP contribution is -2.29. The molecule has 0 aliphatic carbocycles. The van der Waals surface area contributed by atoms with Crippen molar-refractivity contribution in [2.75, 3.05) is 0 Å². The SMILES string of the molecule is O=C(O)CCCC(NC(=O)OCc1ccccc1)c1ccccc1. The molecule has 0 saturated heterocycles. The second-order valence-electron chi connectivity index (χ2n) is 5.46. The number of rotatable bonds is 8. The largest absolute Gasteiger partial charge is 0.481 e. The maximum atomic E-state index is 12.0. The minimum Gasteiger partial charge on any atom is -0.481 e. The molecule has 2 aromatic rings. The van der Waals surface area contributed by atoms with Gasteiger partial charge < -0.3 is 15.2 Å². The van der Waals surface area contributed by atoms with Crippen LogP contribution >= 0.6 is 0 Å². The predicted octanol–water partition coefficient (Wildman–Crippen LogP) is 3.91. The van der Waals surface area contributed by atoms with E-state index in [1.807, 2.05) is 60.7 Å². The van der Waals surface area contributed by atoms with Gasteiger partial charge in [0.05, 0.1) is 6.04 Å². The van der Waals surface area contributed by atoms with Crippen molar-refractivity contribution in [3.05, 3.63) is 71.8 Å². The average Bonchev–Trinajstić information content (AvgIpc) is 2.60. The third kappa shape index (κ3) is 6.12. The first-order chi connectivity index (χ1) is 11.6. The predicted molar refractivity (Wildman–Crippen MR) is 90.4 cm³/mol. The second-order valence-corrected chi connectivity index (χ2v) is 5.46. The van der Waals surface area contributed by atoms with Crippen molar-refractivity contribution in [2.24, 2.45) is 0 Å². The lowest BCUT2D eigenvalue weighted by atomic mass is 10.0. The van der Waals surface area contributed by atoms with E-state index in [0.717, 1.165) is 11.1 Å². The minimum absolute atomic E-state index is 0.0735. The number of hydrogen-bond donors (Lipinski definition) is 2. The van der Waals surface area contributed by atoms with Gasteiger partial charge in [-0.3, -0.25) is 4.79 Å². The van der Waals surface area contributed by atoms with Gasteiger partial charge >= 0.3 is 12.1 Å². The van der Waals surface area contributed by atoms with E-state index < -0.39 is 12.1 Å². The molecule has 24 heavy (non-hydrogen) atoms. The van der Waals surface area contributed by atoms with Crippen molar-refractivity contribution in [1.82, 2.24) is 5.32 Å². The summed E-state index contributed by atoms with van der Waals surface area (Å²) in [6.07, 6.45) is 0.581. The zero-order valence-corrected chi connectivity index (χ0v) is 13.4. The summed E-state index contributed by atoms with van der Waals surface area (Å²) in [6, 6.07) is 18.6. The number of alkyl carbamates (subject to hydrolysis) is 1. The Balaban J connectivity index is 1.91. The Morgan fingerprint density at radius 1 is 1.00 bits per heavy atom. The van der Waals surface area contributed by atoms with E-state index in [2.05, 4.69) is 5.32 Å². The van der Waals surface area contributed by atoms with Crippen molar-refractivity contribution in [3.8, 4) is 0 Å². The first-order valence-electron chi connectivity index (χ1n) is 7.89. The van der Waals surface area contributed by atoms with Crippen LogP contribution in [0.2, 0.25) is 0 Å². The van der Waals surface area contributed by atoms with Crippen molar-refractivity contribution >= 4 is 12.1 Å². The number of amides is 1. The molecule has 0 aromatic heterocycles. The number of aliphatic carboxylic acids is 1. The normalized spacial score (nSPS) is 11.5. The summed E-state index contributed by atoms with van der Waals surface area (Å²) in [4.78, 5) is 22.7. The number of carbonyl (C=O) groups is 2. The van der Waals surface area contributed by atoms with Crippen LogP contribution in [0.15, 0.2) is 60.7 Å². The quantitative estimate of drug-likeness (QED) is 0.771. The van der Waals surface area contributed by atoms with Gasteiger partial charge in [-0.15, -0.1) is 0 Å². The Morgan fingerprint density at radius 2 is 1.62 bits per heavy atom. The molecule has 0 fully saturated rings. The van der Waals surface area contributed by atoms with E-state index in [0.29, 0.717) is 12.8 Å². The molecule has 1 unspecified atom stereocenters. The van der Waals surface area contributed by atoms with Gasteiger partial charge in [-0.25, -0.2) is 4.79 Å². The van der Waals surface area contributed by atoms with Crippen LogP contribution in [0.3, 0.4) is 0 Å². The van der Waals surface area contributed by atoms with Gasteiger partial charge in [0, 0.05) is 6.42 Å². The first-order valence-corrected chi connectivity index (χ1v) is 7.89. The molecule has 5 nitrogen and oxygen atoms in total. The summed E-state index contributed by atoms with van der Waals surface area (Å²) >= 11 is 0. The third-order valence-electron chi connectivity index (χ3n) is 3.59. The maximum absolute atomic E-state index is 12.0. The molecule has 0 spiro atoms. The highest BCUT2D eigenvalue weighted by molar-refractivity contribution is 5.68. The van der Waals surface area contributed by atoms with Gasteiger partial charge in [0.2, 0.25) is 0 Å². The van der Waals surface area contributed by atoms with Gasteiger partial charge in [0.25, 0.3) is 0 Å². The molecule has 126 valence electrons. The highest BCUT2D eigenvalue weighted by Gasteiger charge is 2.15. The molecule has 0 heterocycles. The summed E-state index contributed by atoms with van der Waals surface area (Å²) < 4.78 is 5.24. The molecule has 0 aliphatic heterocycles. The van der Waals surface area contributed by atoms with E-state index in [1.54, 1.807) is 0 Å². The van der Waals surface area contributed by atoms with Gasteiger partial charge in [-0.2, -0.15) is 0 Å². The number of benzene rings is 2. The Hall–Kier alpha value is -2.82. The zero-order chi connectivity index (χ0) is 17.2. The minimum atomic E-state index is -0.839. The topological polar surface area (TPSA) is 75.6 Å². The smallest absolute Gasteiger partial charge is 0.407 e. The van der Waals surface area contributed by atoms with Gasteiger partial charge in [0.15, 0.2) is 0 Å². The molecule has 5 heteroatoms. The highest BCUT2D eigenvalue weighted by atomic mass is 16.5. The van der Waals surface area contributed by atoms with Crippen LogP contribution in [0.4, 0.5) is 4.79 Å². The molecule has 2 rings (SSSR count). The van der Waals surface area contributed by atoms with Crippen LogP contribution in [0, 0.1) is 0 Å². The fraction of sp³-hybridized carbons (Fsp3) is 0.263. The molecular weight excluding hydrogens is 306 g/mol. The molecule has 1 amide bonds. The summed E-state index contributed by atoms with van der Waals surface area (Å²) in [5.74, 6) is -0.839. The molecule has 0 aliphatic rings. The molecular formula is C19H21NO4. The van der Waals surface area contributed by atoms with E-state index >= 15 is 0 Å². The van der Waals surface area contributed by atoms with Crippen molar-refractivity contribution in [3.63, 3.8) is 0 Å². The number of nitrogens with one attached hydrogen (secondary N) is 1. The van der Waals surface area contributed by atoms with Gasteiger partial charge in [0.1, 0.15) is 6.61 Å². The highest BCUT2D eigenvalue weighted by Crippen LogP contribution is 2.19. The summed E-state index contributed by atoms with van der Waals surface area (Å²) in [5.41, 5.74) is 1.84. The van der Waals surface area contributed by atoms with Crippen molar-refractivity contribution in [1.29, 1.82) is 0 Å². The van der Waals surface area contributed by atoms with Crippen LogP contribution in [0.25, 0.3) is 0 Å². The number of carboxylic acid groups (broad SMARTS) is 1. The summed E-state index contributed by atoms with van der Waals surface area (Å²) in [6.45, 7) is 0.198. The first kappa shape index (κ1) is 17.5. The van der Waals surface area contributed by atoms with Crippen LogP contribution in [0.1, 0.15) is 36.4 Å². The Kier molecular flexibility index (Phi) is 6.83. The fourth-order valence-electron chi connectivity index (χ4n) is 2.37. The molecule has 0 radical (unpaired) electrons. The number of carboxylic acids is 1. The number of ether oxygens (including phenoxy) is 1. The van der Waals surface area contributed by atoms with Crippen LogP contribution < -0.4 is 5.32 Å². The van der Waals surface area contributed by atoms with Gasteiger partial charge in [-0.1, -0.05) is 60.7 Å². The van der Waals surface area contributed by atoms with Crippen LogP contribution in [-0.4, -0.2) is 17.2 Å². The zero-order valence-electron chi connectivity index (χ0n) is 13.4. The van der Waals surface area contributed by atoms with Crippen LogP contribution in [0.5, 0.6) is 0 Å². The lowest BCUT2D eigenvalue weighted by molar-refractivity contribution is -0.137. The monoisotopic (exact) mass is 327 g/mol. The van der Waals surface area contributed by atoms with E-state index in [9.17, 15) is 9.59 Å². The molecule has 0 bridgehead atoms. The number of hydrogen-bond acceptors (Lipinski definition) is 3. The second kappa shape index (κ2) is 9.35. The number of carbonyl (C=O) groups excluding carboxylic acids is 1. The van der Waals surface area contributed by atoms with E-state index in [1.165, 1.54) is 0 Å². The Morgan fingerprint density at radius 3 is 2.25 bits per heavy atom. The average molecular weight is 327 g/mol. The van der Waals surface area contributed by atoms with Crippen LogP contribution in [-0.2, 0) is 16.1 Å². The fourth-order valence-corrected chi connectivity index (χ4v) is 2.37. The summed E-state index contributed by atoms with van der Waals surface area (Å²) in [5, 5.41) is 11.6.